The van der Waals surface area contributed by atoms with Crippen LogP contribution in [-0.2, 0) is 16.6 Å². The molecule has 0 aliphatic heterocycles. The van der Waals surface area contributed by atoms with E-state index in [1.165, 1.54) is 38.1 Å². The lowest BCUT2D eigenvalue weighted by Crippen LogP contribution is -2.20. The molecule has 0 aliphatic rings. The maximum absolute atomic E-state index is 12.1. The average Bonchev–Trinajstić information content (AvgIpc) is 2.67. The molecule has 2 aromatic carbocycles. The number of nitro benzene ring substituents is 1. The van der Waals surface area contributed by atoms with E-state index in [4.69, 9.17) is 9.47 Å². The number of benzene rings is 2. The molecule has 0 spiro atoms. The molecule has 0 saturated carbocycles. The van der Waals surface area contributed by atoms with Crippen LogP contribution in [0, 0.1) is 10.1 Å². The zero-order chi connectivity index (χ0) is 21.6. The van der Waals surface area contributed by atoms with Crippen molar-refractivity contribution in [1.29, 1.82) is 0 Å². The summed E-state index contributed by atoms with van der Waals surface area (Å²) < 4.78 is 10.2. The number of hydrogen-bond donors (Lipinski definition) is 1. The smallest absolute Gasteiger partial charge is 0.311 e. The molecule has 0 unspecified atom stereocenters. The van der Waals surface area contributed by atoms with Crippen molar-refractivity contribution in [2.75, 3.05) is 14.2 Å². The molecule has 8 nitrogen and oxygen atoms in total. The third kappa shape index (κ3) is 5.78. The monoisotopic (exact) mass is 399 g/mol. The van der Waals surface area contributed by atoms with Crippen LogP contribution in [0.3, 0.4) is 0 Å². The number of amides is 1. The number of nitro groups is 1. The van der Waals surface area contributed by atoms with E-state index in [1.54, 1.807) is 0 Å². The molecular weight excluding hydrogens is 374 g/mol. The Morgan fingerprint density at radius 2 is 1.76 bits per heavy atom. The highest BCUT2D eigenvalue weighted by Gasteiger charge is 2.19. The van der Waals surface area contributed by atoms with Gasteiger partial charge in [-0.05, 0) is 16.5 Å². The van der Waals surface area contributed by atoms with Crippen molar-refractivity contribution in [3.63, 3.8) is 0 Å². The predicted octanol–water partition coefficient (Wildman–Crippen LogP) is 3.60. The lowest BCUT2D eigenvalue weighted by Gasteiger charge is -2.19. The summed E-state index contributed by atoms with van der Waals surface area (Å²) in [5.74, 6) is 0.113. The summed E-state index contributed by atoms with van der Waals surface area (Å²) in [6.45, 7) is 6.38. The van der Waals surface area contributed by atoms with Gasteiger partial charge in [-0.3, -0.25) is 14.9 Å². The predicted molar refractivity (Wildman–Crippen MR) is 111 cm³/mol. The van der Waals surface area contributed by atoms with Gasteiger partial charge in [0.15, 0.2) is 0 Å². The fourth-order valence-electron chi connectivity index (χ4n) is 2.67. The SMILES string of the molecule is COc1cc(OC)c([N+](=O)[O-])cc1C=NNC(=O)Cc1ccc(C(C)(C)C)cc1. The van der Waals surface area contributed by atoms with E-state index >= 15 is 0 Å². The third-order valence-corrected chi connectivity index (χ3v) is 4.31. The zero-order valence-electron chi connectivity index (χ0n) is 17.2. The van der Waals surface area contributed by atoms with Gasteiger partial charge in [0.05, 0.1) is 31.8 Å². The number of carbonyl (C=O) groups excluding carboxylic acids is 1. The highest BCUT2D eigenvalue weighted by Crippen LogP contribution is 2.33. The number of hydrazone groups is 1. The Kier molecular flexibility index (Phi) is 6.93. The number of nitrogens with one attached hydrogen (secondary N) is 1. The minimum Gasteiger partial charge on any atom is -0.496 e. The highest BCUT2D eigenvalue weighted by molar-refractivity contribution is 5.87. The lowest BCUT2D eigenvalue weighted by molar-refractivity contribution is -0.385. The van der Waals surface area contributed by atoms with Crippen LogP contribution < -0.4 is 14.9 Å². The van der Waals surface area contributed by atoms with Gasteiger partial charge < -0.3 is 9.47 Å². The molecule has 0 saturated heterocycles. The third-order valence-electron chi connectivity index (χ3n) is 4.31. The van der Waals surface area contributed by atoms with E-state index in [-0.39, 0.29) is 29.2 Å². The van der Waals surface area contributed by atoms with Gasteiger partial charge in [-0.2, -0.15) is 5.10 Å². The van der Waals surface area contributed by atoms with Gasteiger partial charge in [0, 0.05) is 17.7 Å². The first-order valence-electron chi connectivity index (χ1n) is 8.97. The van der Waals surface area contributed by atoms with Gasteiger partial charge in [0.1, 0.15) is 5.75 Å². The molecule has 29 heavy (non-hydrogen) atoms. The Labute approximate surface area is 169 Å². The van der Waals surface area contributed by atoms with E-state index < -0.39 is 4.92 Å². The first-order chi connectivity index (χ1) is 13.7. The lowest BCUT2D eigenvalue weighted by atomic mass is 9.86. The number of hydrogen-bond acceptors (Lipinski definition) is 6. The summed E-state index contributed by atoms with van der Waals surface area (Å²) in [7, 11) is 2.77. The van der Waals surface area contributed by atoms with E-state index in [9.17, 15) is 14.9 Å². The first-order valence-corrected chi connectivity index (χ1v) is 8.97. The van der Waals surface area contributed by atoms with E-state index in [1.807, 2.05) is 24.3 Å². The Morgan fingerprint density at radius 3 is 2.28 bits per heavy atom. The molecule has 0 heterocycles. The summed E-state index contributed by atoms with van der Waals surface area (Å²) in [6, 6.07) is 10.5. The van der Waals surface area contributed by atoms with Gasteiger partial charge >= 0.3 is 5.69 Å². The molecule has 154 valence electrons. The topological polar surface area (TPSA) is 103 Å². The molecule has 2 aromatic rings. The molecule has 0 atom stereocenters. The van der Waals surface area contributed by atoms with Crippen molar-refractivity contribution in [2.45, 2.75) is 32.6 Å². The van der Waals surface area contributed by atoms with Crippen LogP contribution >= 0.6 is 0 Å². The van der Waals surface area contributed by atoms with E-state index in [0.29, 0.717) is 11.3 Å². The number of rotatable bonds is 7. The Hall–Kier alpha value is -3.42. The van der Waals surface area contributed by atoms with Crippen molar-refractivity contribution in [3.05, 3.63) is 63.2 Å². The fraction of sp³-hybridized carbons (Fsp3) is 0.333. The molecule has 0 aliphatic carbocycles. The van der Waals surface area contributed by atoms with Crippen LogP contribution in [0.1, 0.15) is 37.5 Å². The first kappa shape index (κ1) is 21.9. The molecule has 0 radical (unpaired) electrons. The van der Waals surface area contributed by atoms with Crippen molar-refractivity contribution >= 4 is 17.8 Å². The van der Waals surface area contributed by atoms with Gasteiger partial charge in [-0.25, -0.2) is 5.43 Å². The van der Waals surface area contributed by atoms with Crippen molar-refractivity contribution in [2.24, 2.45) is 5.10 Å². The summed E-state index contributed by atoms with van der Waals surface area (Å²) in [5, 5.41) is 15.1. The molecule has 0 bridgehead atoms. The number of carbonyl (C=O) groups is 1. The largest absolute Gasteiger partial charge is 0.496 e. The van der Waals surface area contributed by atoms with Crippen molar-refractivity contribution in [3.8, 4) is 11.5 Å². The summed E-state index contributed by atoms with van der Waals surface area (Å²) in [5.41, 5.74) is 4.65. The van der Waals surface area contributed by atoms with Crippen LogP contribution in [0.15, 0.2) is 41.5 Å². The van der Waals surface area contributed by atoms with Crippen LogP contribution in [0.25, 0.3) is 0 Å². The summed E-state index contributed by atoms with van der Waals surface area (Å²) >= 11 is 0. The summed E-state index contributed by atoms with van der Waals surface area (Å²) in [6.07, 6.45) is 1.47. The second-order valence-corrected chi connectivity index (χ2v) is 7.44. The molecule has 1 N–H and O–H groups in total. The fourth-order valence-corrected chi connectivity index (χ4v) is 2.67. The van der Waals surface area contributed by atoms with Gasteiger partial charge in [-0.1, -0.05) is 45.0 Å². The van der Waals surface area contributed by atoms with Gasteiger partial charge in [0.25, 0.3) is 0 Å². The van der Waals surface area contributed by atoms with Crippen LogP contribution in [0.5, 0.6) is 11.5 Å². The molecule has 0 fully saturated rings. The highest BCUT2D eigenvalue weighted by atomic mass is 16.6. The minimum absolute atomic E-state index is 0.0467. The molecule has 1 amide bonds. The van der Waals surface area contributed by atoms with Gasteiger partial charge in [-0.15, -0.1) is 0 Å². The minimum atomic E-state index is -0.560. The standard InChI is InChI=1S/C21H25N3O5/c1-21(2,3)16-8-6-14(7-9-16)10-20(25)23-22-13-15-11-17(24(26)27)19(29-5)12-18(15)28-4/h6-9,11-13H,10H2,1-5H3,(H,23,25). The maximum Gasteiger partial charge on any atom is 0.311 e. The van der Waals surface area contributed by atoms with E-state index in [2.05, 4.69) is 31.3 Å². The second kappa shape index (κ2) is 9.18. The second-order valence-electron chi connectivity index (χ2n) is 7.44. The molecule has 8 heteroatoms. The van der Waals surface area contributed by atoms with Crippen molar-refractivity contribution in [1.82, 2.24) is 5.43 Å². The van der Waals surface area contributed by atoms with Gasteiger partial charge in [0.2, 0.25) is 11.7 Å². The number of methoxy groups -OCH3 is 2. The Balaban J connectivity index is 2.08. The normalized spacial score (nSPS) is 11.3. The van der Waals surface area contributed by atoms with E-state index in [0.717, 1.165) is 5.56 Å². The summed E-state index contributed by atoms with van der Waals surface area (Å²) in [4.78, 5) is 22.7. The van der Waals surface area contributed by atoms with Crippen LogP contribution in [0.2, 0.25) is 0 Å². The van der Waals surface area contributed by atoms with Crippen molar-refractivity contribution < 1.29 is 19.2 Å². The molecule has 0 aromatic heterocycles. The van der Waals surface area contributed by atoms with Crippen LogP contribution in [-0.4, -0.2) is 31.3 Å². The average molecular weight is 399 g/mol. The molecule has 2 rings (SSSR count). The quantitative estimate of drug-likeness (QED) is 0.435. The number of ether oxygens (including phenoxy) is 2. The van der Waals surface area contributed by atoms with Crippen LogP contribution in [0.4, 0.5) is 5.69 Å². The Morgan fingerprint density at radius 1 is 1.14 bits per heavy atom. The molecular formula is C21H25N3O5. The maximum atomic E-state index is 12.1. The zero-order valence-corrected chi connectivity index (χ0v) is 17.2. The Bertz CT molecular complexity index is 915. The number of nitrogens with zero attached hydrogens (tertiary/aromatic N) is 2.